The first-order valence-corrected chi connectivity index (χ1v) is 6.98. The summed E-state index contributed by atoms with van der Waals surface area (Å²) in [4.78, 5) is 0. The van der Waals surface area contributed by atoms with E-state index >= 15 is 0 Å². The van der Waals surface area contributed by atoms with E-state index in [1.165, 1.54) is 16.8 Å². The van der Waals surface area contributed by atoms with E-state index in [1.807, 2.05) is 6.07 Å². The van der Waals surface area contributed by atoms with Crippen molar-refractivity contribution >= 4 is 6.08 Å². The fourth-order valence-electron chi connectivity index (χ4n) is 2.12. The summed E-state index contributed by atoms with van der Waals surface area (Å²) >= 11 is 0. The van der Waals surface area contributed by atoms with E-state index in [9.17, 15) is 0 Å². The van der Waals surface area contributed by atoms with Crippen molar-refractivity contribution in [3.05, 3.63) is 65.4 Å². The fourth-order valence-corrected chi connectivity index (χ4v) is 2.12. The smallest absolute Gasteiger partial charge is 0.0525 e. The first kappa shape index (κ1) is 13.6. The van der Waals surface area contributed by atoms with Gasteiger partial charge in [-0.2, -0.15) is 0 Å². The van der Waals surface area contributed by atoms with Crippen LogP contribution in [0.15, 0.2) is 59.8 Å². The Labute approximate surface area is 116 Å². The Balaban J connectivity index is 2.18. The number of hydrogen-bond donors (Lipinski definition) is 1. The molecule has 19 heavy (non-hydrogen) atoms. The number of benzene rings is 1. The normalized spacial score (nSPS) is 16.8. The van der Waals surface area contributed by atoms with Crippen LogP contribution < -0.4 is 5.43 Å². The summed E-state index contributed by atoms with van der Waals surface area (Å²) in [5, 5.41) is 2.21. The Morgan fingerprint density at radius 3 is 2.58 bits per heavy atom. The Morgan fingerprint density at radius 2 is 1.89 bits per heavy atom. The lowest BCUT2D eigenvalue weighted by atomic mass is 10.0. The minimum atomic E-state index is 0.981. The zero-order valence-corrected chi connectivity index (χ0v) is 11.8. The molecule has 0 amide bonds. The summed E-state index contributed by atoms with van der Waals surface area (Å²) in [5.74, 6) is 0. The molecule has 2 rings (SSSR count). The van der Waals surface area contributed by atoms with Crippen LogP contribution in [0.4, 0.5) is 0 Å². The summed E-state index contributed by atoms with van der Waals surface area (Å²) in [6.07, 6.45) is 9.70. The van der Waals surface area contributed by atoms with Crippen LogP contribution >= 0.6 is 0 Å². The summed E-state index contributed by atoms with van der Waals surface area (Å²) < 4.78 is 0. The minimum Gasteiger partial charge on any atom is -0.319 e. The van der Waals surface area contributed by atoms with Crippen molar-refractivity contribution in [3.63, 3.8) is 0 Å². The van der Waals surface area contributed by atoms with E-state index in [0.717, 1.165) is 19.5 Å². The highest BCUT2D eigenvalue weighted by Crippen LogP contribution is 2.21. The van der Waals surface area contributed by atoms with Gasteiger partial charge in [0.15, 0.2) is 0 Å². The van der Waals surface area contributed by atoms with Gasteiger partial charge in [-0.25, -0.2) is 5.01 Å². The highest BCUT2D eigenvalue weighted by Gasteiger charge is 2.09. The van der Waals surface area contributed by atoms with Gasteiger partial charge >= 0.3 is 0 Å². The second-order valence-corrected chi connectivity index (χ2v) is 4.58. The van der Waals surface area contributed by atoms with E-state index in [-0.39, 0.29) is 0 Å². The van der Waals surface area contributed by atoms with E-state index in [4.69, 9.17) is 0 Å². The maximum atomic E-state index is 3.50. The van der Waals surface area contributed by atoms with Crippen molar-refractivity contribution in [1.29, 1.82) is 0 Å². The molecular formula is C17H22N2. The van der Waals surface area contributed by atoms with Crippen molar-refractivity contribution in [3.8, 4) is 0 Å². The molecule has 1 N–H and O–H groups in total. The van der Waals surface area contributed by atoms with Gasteiger partial charge < -0.3 is 5.43 Å². The lowest BCUT2D eigenvalue weighted by Gasteiger charge is -2.25. The topological polar surface area (TPSA) is 15.3 Å². The third-order valence-electron chi connectivity index (χ3n) is 3.27. The molecule has 0 spiro atoms. The van der Waals surface area contributed by atoms with Crippen molar-refractivity contribution in [2.75, 3.05) is 13.1 Å². The molecule has 0 unspecified atom stereocenters. The number of rotatable bonds is 5. The van der Waals surface area contributed by atoms with Gasteiger partial charge in [0.25, 0.3) is 0 Å². The second-order valence-electron chi connectivity index (χ2n) is 4.58. The Hall–Kier alpha value is -1.80. The van der Waals surface area contributed by atoms with Gasteiger partial charge in [0.05, 0.1) is 5.70 Å². The number of allylic oxidation sites excluding steroid dienone is 4. The molecule has 1 aliphatic carbocycles. The molecule has 1 aromatic carbocycles. The van der Waals surface area contributed by atoms with Crippen LogP contribution in [-0.2, 0) is 0 Å². The van der Waals surface area contributed by atoms with Crippen LogP contribution in [0.1, 0.15) is 25.8 Å². The van der Waals surface area contributed by atoms with E-state index in [1.54, 1.807) is 0 Å². The molecule has 2 nitrogen and oxygen atoms in total. The van der Waals surface area contributed by atoms with Crippen molar-refractivity contribution in [2.45, 2.75) is 20.3 Å². The Bertz CT molecular complexity index is 479. The van der Waals surface area contributed by atoms with Crippen LogP contribution in [0.2, 0.25) is 0 Å². The Kier molecular flexibility index (Phi) is 4.99. The van der Waals surface area contributed by atoms with Crippen molar-refractivity contribution in [2.24, 2.45) is 0 Å². The van der Waals surface area contributed by atoms with Gasteiger partial charge in [-0.15, -0.1) is 0 Å². The molecule has 1 aromatic rings. The van der Waals surface area contributed by atoms with Gasteiger partial charge in [-0.3, -0.25) is 0 Å². The lowest BCUT2D eigenvalue weighted by Crippen LogP contribution is -2.37. The molecule has 2 heteroatoms. The van der Waals surface area contributed by atoms with Crippen LogP contribution in [-0.4, -0.2) is 18.1 Å². The number of hydrogen-bond acceptors (Lipinski definition) is 2. The molecule has 0 aliphatic heterocycles. The molecule has 0 atom stereocenters. The fraction of sp³-hybridized carbons (Fsp3) is 0.294. The van der Waals surface area contributed by atoms with Crippen LogP contribution in [0.25, 0.3) is 6.08 Å². The second kappa shape index (κ2) is 6.95. The summed E-state index contributed by atoms with van der Waals surface area (Å²) in [5.41, 5.74) is 7.29. The van der Waals surface area contributed by atoms with Crippen LogP contribution in [0.5, 0.6) is 0 Å². The zero-order valence-electron chi connectivity index (χ0n) is 11.8. The third kappa shape index (κ3) is 3.83. The van der Waals surface area contributed by atoms with Gasteiger partial charge in [-0.1, -0.05) is 56.3 Å². The number of nitrogens with zero attached hydrogens (tertiary/aromatic N) is 1. The first-order chi connectivity index (χ1) is 9.33. The summed E-state index contributed by atoms with van der Waals surface area (Å²) in [7, 11) is 0. The van der Waals surface area contributed by atoms with Crippen molar-refractivity contribution in [1.82, 2.24) is 10.4 Å². The van der Waals surface area contributed by atoms with Crippen molar-refractivity contribution < 1.29 is 0 Å². The van der Waals surface area contributed by atoms with Gasteiger partial charge in [-0.05, 0) is 29.7 Å². The molecule has 0 fully saturated rings. The average Bonchev–Trinajstić information content (AvgIpc) is 2.47. The van der Waals surface area contributed by atoms with E-state index < -0.39 is 0 Å². The number of nitrogens with one attached hydrogen (secondary N) is 1. The molecule has 0 saturated heterocycles. The van der Waals surface area contributed by atoms with Gasteiger partial charge in [0.2, 0.25) is 0 Å². The standard InChI is InChI=1S/C17H22N2/c1-3-19(4-2)18-17-13-9-8-12-16(17)14-15-10-6-5-7-11-15/h5-11,13-14,18H,3-4,12H2,1-2H3. The monoisotopic (exact) mass is 254 g/mol. The lowest BCUT2D eigenvalue weighted by molar-refractivity contribution is 0.238. The average molecular weight is 254 g/mol. The SMILES string of the molecule is CCN(CC)NC1=CC=CCC1=Cc1ccccc1. The zero-order chi connectivity index (χ0) is 13.5. The Morgan fingerprint density at radius 1 is 1.16 bits per heavy atom. The largest absolute Gasteiger partial charge is 0.319 e. The highest BCUT2D eigenvalue weighted by molar-refractivity contribution is 5.59. The van der Waals surface area contributed by atoms with E-state index in [2.05, 4.69) is 72.9 Å². The molecule has 0 aromatic heterocycles. The predicted molar refractivity (Wildman–Crippen MR) is 82.3 cm³/mol. The van der Waals surface area contributed by atoms with E-state index in [0.29, 0.717) is 0 Å². The molecule has 1 aliphatic rings. The molecule has 0 radical (unpaired) electrons. The summed E-state index contributed by atoms with van der Waals surface area (Å²) in [6, 6.07) is 10.5. The highest BCUT2D eigenvalue weighted by atomic mass is 15.5. The minimum absolute atomic E-state index is 0.981. The molecular weight excluding hydrogens is 232 g/mol. The van der Waals surface area contributed by atoms with Crippen LogP contribution in [0.3, 0.4) is 0 Å². The van der Waals surface area contributed by atoms with Crippen LogP contribution in [0, 0.1) is 0 Å². The first-order valence-electron chi connectivity index (χ1n) is 6.98. The molecule has 100 valence electrons. The van der Waals surface area contributed by atoms with Gasteiger partial charge in [0.1, 0.15) is 0 Å². The molecule has 0 bridgehead atoms. The third-order valence-corrected chi connectivity index (χ3v) is 3.27. The molecule has 0 heterocycles. The maximum absolute atomic E-state index is 3.50. The van der Waals surface area contributed by atoms with Gasteiger partial charge in [0, 0.05) is 13.1 Å². The molecule has 0 saturated carbocycles. The maximum Gasteiger partial charge on any atom is 0.0525 e. The predicted octanol–water partition coefficient (Wildman–Crippen LogP) is 3.76. The number of hydrazine groups is 1. The quantitative estimate of drug-likeness (QED) is 0.805. The summed E-state index contributed by atoms with van der Waals surface area (Å²) in [6.45, 7) is 6.32.